The second kappa shape index (κ2) is 4.86. The summed E-state index contributed by atoms with van der Waals surface area (Å²) in [6.07, 6.45) is 3.28. The fourth-order valence-corrected chi connectivity index (χ4v) is 1.47. The van der Waals surface area contributed by atoms with Crippen LogP contribution in [-0.2, 0) is 6.61 Å². The number of anilines is 1. The smallest absolute Gasteiger partial charge is 0.138 e. The second-order valence-corrected chi connectivity index (χ2v) is 3.70. The minimum Gasteiger partial charge on any atom is -0.487 e. The van der Waals surface area contributed by atoms with E-state index in [1.807, 2.05) is 24.3 Å². The summed E-state index contributed by atoms with van der Waals surface area (Å²) in [5, 5.41) is 0.593. The molecule has 0 saturated heterocycles. The van der Waals surface area contributed by atoms with Gasteiger partial charge >= 0.3 is 0 Å². The molecule has 0 amide bonds. The fraction of sp³-hybridized carbons (Fsp3) is 0.0833. The molecule has 0 aliphatic carbocycles. The highest BCUT2D eigenvalue weighted by Gasteiger charge is 2.02. The van der Waals surface area contributed by atoms with Gasteiger partial charge in [-0.3, -0.25) is 4.98 Å². The van der Waals surface area contributed by atoms with Crippen molar-refractivity contribution in [1.82, 2.24) is 4.98 Å². The van der Waals surface area contributed by atoms with E-state index in [1.54, 1.807) is 18.5 Å². The molecule has 0 atom stereocenters. The van der Waals surface area contributed by atoms with Crippen LogP contribution < -0.4 is 10.5 Å². The Bertz CT molecular complexity index is 442. The first-order chi connectivity index (χ1) is 7.77. The first-order valence-electron chi connectivity index (χ1n) is 4.83. The van der Waals surface area contributed by atoms with Crippen molar-refractivity contribution in [2.24, 2.45) is 0 Å². The van der Waals surface area contributed by atoms with Crippen molar-refractivity contribution >= 4 is 17.3 Å². The van der Waals surface area contributed by atoms with Gasteiger partial charge in [0, 0.05) is 11.8 Å². The number of hydrogen-bond acceptors (Lipinski definition) is 3. The highest BCUT2D eigenvalue weighted by atomic mass is 35.5. The number of nitrogen functional groups attached to an aromatic ring is 1. The molecule has 0 saturated carbocycles. The largest absolute Gasteiger partial charge is 0.487 e. The Morgan fingerprint density at radius 1 is 1.25 bits per heavy atom. The van der Waals surface area contributed by atoms with E-state index in [-0.39, 0.29) is 0 Å². The fourth-order valence-electron chi connectivity index (χ4n) is 1.28. The van der Waals surface area contributed by atoms with Gasteiger partial charge in [0.05, 0.1) is 16.9 Å². The van der Waals surface area contributed by atoms with E-state index in [1.165, 1.54) is 0 Å². The van der Waals surface area contributed by atoms with Crippen LogP contribution in [0.5, 0.6) is 5.75 Å². The van der Waals surface area contributed by atoms with Gasteiger partial charge in [-0.2, -0.15) is 0 Å². The molecule has 1 heterocycles. The molecule has 16 heavy (non-hydrogen) atoms. The van der Waals surface area contributed by atoms with Crippen LogP contribution in [0.15, 0.2) is 42.7 Å². The van der Waals surface area contributed by atoms with Gasteiger partial charge in [-0.15, -0.1) is 0 Å². The topological polar surface area (TPSA) is 48.1 Å². The van der Waals surface area contributed by atoms with Crippen molar-refractivity contribution in [2.45, 2.75) is 6.61 Å². The van der Waals surface area contributed by atoms with Crippen LogP contribution in [0, 0.1) is 0 Å². The zero-order valence-corrected chi connectivity index (χ0v) is 9.32. The molecule has 2 rings (SSSR count). The van der Waals surface area contributed by atoms with E-state index in [0.29, 0.717) is 23.1 Å². The summed E-state index contributed by atoms with van der Waals surface area (Å²) in [7, 11) is 0. The summed E-state index contributed by atoms with van der Waals surface area (Å²) >= 11 is 5.96. The molecule has 2 aromatic rings. The minimum absolute atomic E-state index is 0.387. The van der Waals surface area contributed by atoms with Crippen LogP contribution in [0.25, 0.3) is 0 Å². The molecular weight excluding hydrogens is 224 g/mol. The number of hydrogen-bond donors (Lipinski definition) is 1. The Labute approximate surface area is 98.8 Å². The van der Waals surface area contributed by atoms with Crippen molar-refractivity contribution in [3.63, 3.8) is 0 Å². The SMILES string of the molecule is Nc1cnccc1COc1ccccc1Cl. The van der Waals surface area contributed by atoms with Crippen molar-refractivity contribution < 1.29 is 4.74 Å². The minimum atomic E-state index is 0.387. The quantitative estimate of drug-likeness (QED) is 0.888. The summed E-state index contributed by atoms with van der Waals surface area (Å²) in [5.74, 6) is 0.653. The van der Waals surface area contributed by atoms with Crippen LogP contribution >= 0.6 is 11.6 Å². The van der Waals surface area contributed by atoms with E-state index in [4.69, 9.17) is 22.1 Å². The Morgan fingerprint density at radius 2 is 2.06 bits per heavy atom. The maximum atomic E-state index is 5.96. The van der Waals surface area contributed by atoms with Gasteiger partial charge in [-0.25, -0.2) is 0 Å². The maximum absolute atomic E-state index is 5.96. The lowest BCUT2D eigenvalue weighted by molar-refractivity contribution is 0.307. The Balaban J connectivity index is 2.09. The molecule has 1 aromatic carbocycles. The summed E-state index contributed by atoms with van der Waals surface area (Å²) < 4.78 is 5.56. The predicted molar refractivity (Wildman–Crippen MR) is 64.4 cm³/mol. The number of nitrogens with two attached hydrogens (primary N) is 1. The van der Waals surface area contributed by atoms with Crippen LogP contribution in [0.3, 0.4) is 0 Å². The Hall–Kier alpha value is -1.74. The van der Waals surface area contributed by atoms with Gasteiger partial charge in [-0.1, -0.05) is 23.7 Å². The summed E-state index contributed by atoms with van der Waals surface area (Å²) in [5.41, 5.74) is 7.27. The summed E-state index contributed by atoms with van der Waals surface area (Å²) in [6, 6.07) is 9.16. The van der Waals surface area contributed by atoms with Crippen LogP contribution in [-0.4, -0.2) is 4.98 Å². The number of pyridine rings is 1. The number of benzene rings is 1. The number of rotatable bonds is 3. The predicted octanol–water partition coefficient (Wildman–Crippen LogP) is 2.90. The molecule has 2 N–H and O–H groups in total. The van der Waals surface area contributed by atoms with Crippen LogP contribution in [0.2, 0.25) is 5.02 Å². The normalized spacial score (nSPS) is 10.1. The number of nitrogens with zero attached hydrogens (tertiary/aromatic N) is 1. The molecule has 0 aliphatic rings. The molecule has 0 radical (unpaired) electrons. The number of halogens is 1. The molecule has 82 valence electrons. The van der Waals surface area contributed by atoms with Crippen molar-refractivity contribution in [3.8, 4) is 5.75 Å². The highest BCUT2D eigenvalue weighted by molar-refractivity contribution is 6.32. The van der Waals surface area contributed by atoms with Crippen LogP contribution in [0.1, 0.15) is 5.56 Å². The maximum Gasteiger partial charge on any atom is 0.138 e. The first-order valence-corrected chi connectivity index (χ1v) is 5.21. The van der Waals surface area contributed by atoms with E-state index < -0.39 is 0 Å². The van der Waals surface area contributed by atoms with Crippen molar-refractivity contribution in [3.05, 3.63) is 53.3 Å². The van der Waals surface area contributed by atoms with Gasteiger partial charge in [0.2, 0.25) is 0 Å². The monoisotopic (exact) mass is 234 g/mol. The lowest BCUT2D eigenvalue weighted by Crippen LogP contribution is -2.00. The second-order valence-electron chi connectivity index (χ2n) is 3.29. The van der Waals surface area contributed by atoms with E-state index in [0.717, 1.165) is 5.56 Å². The van der Waals surface area contributed by atoms with Crippen LogP contribution in [0.4, 0.5) is 5.69 Å². The highest BCUT2D eigenvalue weighted by Crippen LogP contribution is 2.24. The van der Waals surface area contributed by atoms with Crippen molar-refractivity contribution in [1.29, 1.82) is 0 Å². The average Bonchev–Trinajstić information content (AvgIpc) is 2.30. The lowest BCUT2D eigenvalue weighted by Gasteiger charge is -2.08. The molecule has 0 aliphatic heterocycles. The van der Waals surface area contributed by atoms with E-state index in [2.05, 4.69) is 4.98 Å². The van der Waals surface area contributed by atoms with Gasteiger partial charge in [0.1, 0.15) is 12.4 Å². The summed E-state index contributed by atoms with van der Waals surface area (Å²) in [4.78, 5) is 3.91. The van der Waals surface area contributed by atoms with E-state index >= 15 is 0 Å². The molecule has 0 bridgehead atoms. The number of para-hydroxylation sites is 1. The Kier molecular flexibility index (Phi) is 3.27. The molecule has 4 heteroatoms. The zero-order valence-electron chi connectivity index (χ0n) is 8.56. The lowest BCUT2D eigenvalue weighted by atomic mass is 10.2. The third kappa shape index (κ3) is 2.44. The van der Waals surface area contributed by atoms with Gasteiger partial charge < -0.3 is 10.5 Å². The standard InChI is InChI=1S/C12H11ClN2O/c13-10-3-1-2-4-12(10)16-8-9-5-6-15-7-11(9)14/h1-7H,8,14H2. The molecule has 0 unspecified atom stereocenters. The third-order valence-electron chi connectivity index (χ3n) is 2.17. The van der Waals surface area contributed by atoms with Crippen molar-refractivity contribution in [2.75, 3.05) is 5.73 Å². The summed E-state index contributed by atoms with van der Waals surface area (Å²) in [6.45, 7) is 0.387. The first kappa shape index (κ1) is 10.8. The molecule has 0 fully saturated rings. The average molecular weight is 235 g/mol. The van der Waals surface area contributed by atoms with Gasteiger partial charge in [0.25, 0.3) is 0 Å². The van der Waals surface area contributed by atoms with Gasteiger partial charge in [0.15, 0.2) is 0 Å². The zero-order chi connectivity index (χ0) is 11.4. The Morgan fingerprint density at radius 3 is 2.81 bits per heavy atom. The molecule has 1 aromatic heterocycles. The van der Waals surface area contributed by atoms with E-state index in [9.17, 15) is 0 Å². The van der Waals surface area contributed by atoms with Gasteiger partial charge in [-0.05, 0) is 18.2 Å². The molecule has 3 nitrogen and oxygen atoms in total. The molecule has 0 spiro atoms. The number of aromatic nitrogens is 1. The third-order valence-corrected chi connectivity index (χ3v) is 2.48. The number of ether oxygens (including phenoxy) is 1. The molecular formula is C12H11ClN2O.